The van der Waals surface area contributed by atoms with Crippen molar-refractivity contribution in [1.29, 1.82) is 0 Å². The number of amides is 4. The number of aromatic hydroxyl groups is 1. The number of carbonyl (C=O) groups is 3. The van der Waals surface area contributed by atoms with Crippen molar-refractivity contribution >= 4 is 17.8 Å². The molecular formula is C27H35N5O6. The zero-order valence-electron chi connectivity index (χ0n) is 22.0. The third kappa shape index (κ3) is 6.00. The van der Waals surface area contributed by atoms with Gasteiger partial charge in [0.2, 0.25) is 11.8 Å². The van der Waals surface area contributed by atoms with Gasteiger partial charge in [-0.1, -0.05) is 24.3 Å². The molecule has 0 unspecified atom stereocenters. The molecule has 38 heavy (non-hydrogen) atoms. The third-order valence-electron chi connectivity index (χ3n) is 6.89. The lowest BCUT2D eigenvalue weighted by Gasteiger charge is -2.54. The summed E-state index contributed by atoms with van der Waals surface area (Å²) in [5.74, 6) is 0.468. The van der Waals surface area contributed by atoms with Crippen molar-refractivity contribution in [2.45, 2.75) is 31.6 Å². The first-order valence-corrected chi connectivity index (χ1v) is 12.6. The number of methoxy groups -OCH3 is 2. The van der Waals surface area contributed by atoms with E-state index in [0.29, 0.717) is 26.1 Å². The number of likely N-dealkylation sites (N-methyl/N-ethyl adjacent to an activating group) is 1. The molecule has 0 aromatic heterocycles. The summed E-state index contributed by atoms with van der Waals surface area (Å²) in [7, 11) is 4.90. The second kappa shape index (κ2) is 12.1. The molecule has 0 bridgehead atoms. The molecule has 204 valence electrons. The molecule has 11 heteroatoms. The Hall–Kier alpha value is -3.83. The topological polar surface area (TPSA) is 115 Å². The molecule has 11 nitrogen and oxygen atoms in total. The van der Waals surface area contributed by atoms with E-state index < -0.39 is 12.2 Å². The van der Waals surface area contributed by atoms with Crippen LogP contribution >= 0.6 is 0 Å². The number of hydrazine groups is 1. The third-order valence-corrected chi connectivity index (χ3v) is 6.89. The van der Waals surface area contributed by atoms with Gasteiger partial charge >= 0.3 is 6.03 Å². The van der Waals surface area contributed by atoms with E-state index in [2.05, 4.69) is 5.32 Å². The second-order valence-electron chi connectivity index (χ2n) is 9.47. The van der Waals surface area contributed by atoms with Gasteiger partial charge in [-0.3, -0.25) is 9.59 Å². The van der Waals surface area contributed by atoms with Crippen LogP contribution < -0.4 is 10.1 Å². The predicted octanol–water partition coefficient (Wildman–Crippen LogP) is 1.42. The van der Waals surface area contributed by atoms with Gasteiger partial charge in [-0.2, -0.15) is 0 Å². The molecule has 2 heterocycles. The summed E-state index contributed by atoms with van der Waals surface area (Å²) in [5, 5.41) is 15.8. The summed E-state index contributed by atoms with van der Waals surface area (Å²) in [6.45, 7) is 1.39. The fraction of sp³-hybridized carbons (Fsp3) is 0.444. The van der Waals surface area contributed by atoms with E-state index >= 15 is 0 Å². The van der Waals surface area contributed by atoms with Crippen LogP contribution in [0.15, 0.2) is 48.5 Å². The number of hydrogen-bond donors (Lipinski definition) is 2. The second-order valence-corrected chi connectivity index (χ2v) is 9.47. The largest absolute Gasteiger partial charge is 0.508 e. The number of phenols is 1. The highest BCUT2D eigenvalue weighted by atomic mass is 16.5. The summed E-state index contributed by atoms with van der Waals surface area (Å²) < 4.78 is 10.4. The van der Waals surface area contributed by atoms with Gasteiger partial charge in [0.25, 0.3) is 0 Å². The van der Waals surface area contributed by atoms with Crippen LogP contribution in [-0.2, 0) is 27.3 Å². The van der Waals surface area contributed by atoms with E-state index in [1.807, 2.05) is 24.3 Å². The standard InChI is InChI=1S/C27H35N5O6/c1-29-18-25(34)31-23(15-19-5-9-21(33)10-6-19)26(35)30(13-4-14-37-2)17-24(31)32(29)27(36)28-16-20-7-11-22(38-3)12-8-20/h5-12,23-24,33H,4,13-18H2,1-3H3,(H,28,36)/t23-,24-/m0/s1. The van der Waals surface area contributed by atoms with Gasteiger partial charge in [0, 0.05) is 40.3 Å². The number of rotatable bonds is 9. The number of hydrogen-bond acceptors (Lipinski definition) is 7. The molecule has 0 radical (unpaired) electrons. The van der Waals surface area contributed by atoms with Crippen LogP contribution in [0, 0.1) is 0 Å². The molecule has 2 saturated heterocycles. The van der Waals surface area contributed by atoms with Crippen LogP contribution in [0.5, 0.6) is 11.5 Å². The van der Waals surface area contributed by atoms with E-state index in [0.717, 1.165) is 16.9 Å². The smallest absolute Gasteiger partial charge is 0.334 e. The lowest BCUT2D eigenvalue weighted by molar-refractivity contribution is -0.187. The minimum absolute atomic E-state index is 0.0323. The van der Waals surface area contributed by atoms with E-state index in [4.69, 9.17) is 9.47 Å². The Kier molecular flexibility index (Phi) is 8.70. The summed E-state index contributed by atoms with van der Waals surface area (Å²) in [6.07, 6.45) is 0.237. The van der Waals surface area contributed by atoms with Crippen molar-refractivity contribution in [3.63, 3.8) is 0 Å². The highest BCUT2D eigenvalue weighted by Gasteiger charge is 2.50. The Morgan fingerprint density at radius 2 is 1.74 bits per heavy atom. The quantitative estimate of drug-likeness (QED) is 0.476. The number of carbonyl (C=O) groups excluding carboxylic acids is 3. The van der Waals surface area contributed by atoms with Gasteiger partial charge < -0.3 is 29.7 Å². The van der Waals surface area contributed by atoms with Gasteiger partial charge in [0.15, 0.2) is 0 Å². The molecular weight excluding hydrogens is 490 g/mol. The molecule has 2 N–H and O–H groups in total. The number of benzene rings is 2. The number of phenolic OH excluding ortho intramolecular Hbond substituents is 1. The van der Waals surface area contributed by atoms with Crippen LogP contribution in [0.3, 0.4) is 0 Å². The number of nitrogens with one attached hydrogen (secondary N) is 1. The molecule has 0 spiro atoms. The van der Waals surface area contributed by atoms with Crippen molar-refractivity contribution in [2.75, 3.05) is 47.5 Å². The average Bonchev–Trinajstić information content (AvgIpc) is 2.91. The maximum Gasteiger partial charge on any atom is 0.334 e. The van der Waals surface area contributed by atoms with Crippen molar-refractivity contribution in [3.8, 4) is 11.5 Å². The van der Waals surface area contributed by atoms with Gasteiger partial charge in [-0.05, 0) is 41.8 Å². The van der Waals surface area contributed by atoms with Crippen molar-refractivity contribution in [2.24, 2.45) is 0 Å². The Morgan fingerprint density at radius 1 is 1.05 bits per heavy atom. The monoisotopic (exact) mass is 525 g/mol. The zero-order valence-corrected chi connectivity index (χ0v) is 22.0. The summed E-state index contributed by atoms with van der Waals surface area (Å²) in [6, 6.07) is 12.9. The fourth-order valence-electron chi connectivity index (χ4n) is 4.96. The highest BCUT2D eigenvalue weighted by Crippen LogP contribution is 2.28. The van der Waals surface area contributed by atoms with E-state index in [9.17, 15) is 19.5 Å². The van der Waals surface area contributed by atoms with Crippen LogP contribution in [0.25, 0.3) is 0 Å². The zero-order chi connectivity index (χ0) is 27.2. The van der Waals surface area contributed by atoms with Crippen LogP contribution in [0.2, 0.25) is 0 Å². The minimum atomic E-state index is -0.779. The minimum Gasteiger partial charge on any atom is -0.508 e. The van der Waals surface area contributed by atoms with Crippen molar-refractivity contribution in [1.82, 2.24) is 25.1 Å². The normalized spacial score (nSPS) is 19.9. The molecule has 2 aromatic carbocycles. The predicted molar refractivity (Wildman–Crippen MR) is 139 cm³/mol. The summed E-state index contributed by atoms with van der Waals surface area (Å²) in [5.41, 5.74) is 1.71. The number of nitrogens with zero attached hydrogens (tertiary/aromatic N) is 4. The van der Waals surface area contributed by atoms with Crippen molar-refractivity contribution < 1.29 is 29.0 Å². The molecule has 2 aliphatic heterocycles. The molecule has 0 saturated carbocycles. The molecule has 2 fully saturated rings. The highest BCUT2D eigenvalue weighted by molar-refractivity contribution is 5.91. The number of urea groups is 1. The Labute approximate surface area is 222 Å². The Morgan fingerprint density at radius 3 is 2.39 bits per heavy atom. The molecule has 2 aromatic rings. The summed E-state index contributed by atoms with van der Waals surface area (Å²) in [4.78, 5) is 43.6. The Balaban J connectivity index is 1.58. The number of piperazine rings is 1. The van der Waals surface area contributed by atoms with E-state index in [1.54, 1.807) is 60.3 Å². The average molecular weight is 526 g/mol. The van der Waals surface area contributed by atoms with Gasteiger partial charge in [-0.25, -0.2) is 14.8 Å². The number of ether oxygens (including phenoxy) is 2. The van der Waals surface area contributed by atoms with Gasteiger partial charge in [-0.15, -0.1) is 0 Å². The SMILES string of the molecule is COCCCN1C[C@H]2N(C(=O)CN(C)N2C(=O)NCc2ccc(OC)cc2)[C@@H](Cc2ccc(O)cc2)C1=O. The molecule has 4 amide bonds. The maximum atomic E-state index is 13.6. The first kappa shape index (κ1) is 27.2. The molecule has 0 aliphatic carbocycles. The van der Waals surface area contributed by atoms with Gasteiger partial charge in [0.05, 0.1) is 20.2 Å². The van der Waals surface area contributed by atoms with Crippen LogP contribution in [0.1, 0.15) is 17.5 Å². The maximum absolute atomic E-state index is 13.6. The lowest BCUT2D eigenvalue weighted by Crippen LogP contribution is -2.76. The van der Waals surface area contributed by atoms with Crippen molar-refractivity contribution in [3.05, 3.63) is 59.7 Å². The molecule has 4 rings (SSSR count). The van der Waals surface area contributed by atoms with Crippen LogP contribution in [0.4, 0.5) is 4.79 Å². The van der Waals surface area contributed by atoms with Crippen LogP contribution in [-0.4, -0.2) is 102 Å². The number of fused-ring (bicyclic) bond motifs is 1. The van der Waals surface area contributed by atoms with Gasteiger partial charge in [0.1, 0.15) is 23.7 Å². The lowest BCUT2D eigenvalue weighted by atomic mass is 9.98. The Bertz CT molecular complexity index is 1130. The first-order chi connectivity index (χ1) is 18.3. The molecule has 2 aliphatic rings. The molecule has 2 atom stereocenters. The fourth-order valence-corrected chi connectivity index (χ4v) is 4.96. The summed E-state index contributed by atoms with van der Waals surface area (Å²) >= 11 is 0. The van der Waals surface area contributed by atoms with E-state index in [1.165, 1.54) is 5.01 Å². The van der Waals surface area contributed by atoms with E-state index in [-0.39, 0.29) is 43.1 Å². The first-order valence-electron chi connectivity index (χ1n) is 12.6.